The monoisotopic (exact) mass is 275 g/mol. The Morgan fingerprint density at radius 2 is 2.00 bits per heavy atom. The number of imidazole rings is 1. The summed E-state index contributed by atoms with van der Waals surface area (Å²) in [6.07, 6.45) is 2.67. The van der Waals surface area contributed by atoms with Gasteiger partial charge in [0.15, 0.2) is 0 Å². The first kappa shape index (κ1) is 14.6. The molecule has 0 fully saturated rings. The third-order valence-electron chi connectivity index (χ3n) is 3.01. The Balaban J connectivity index is 1.85. The van der Waals surface area contributed by atoms with Crippen molar-refractivity contribution in [3.63, 3.8) is 0 Å². The maximum Gasteiger partial charge on any atom is 0.118 e. The summed E-state index contributed by atoms with van der Waals surface area (Å²) in [6.45, 7) is 2.33. The number of H-pyrrole nitrogens is 1. The summed E-state index contributed by atoms with van der Waals surface area (Å²) in [6, 6.07) is 8.03. The van der Waals surface area contributed by atoms with Gasteiger partial charge in [-0.3, -0.25) is 0 Å². The Bertz CT molecular complexity index is 508. The van der Waals surface area contributed by atoms with Crippen LogP contribution in [0.15, 0.2) is 30.5 Å². The first-order valence-corrected chi connectivity index (χ1v) is 6.67. The highest BCUT2D eigenvalue weighted by atomic mass is 16.5. The predicted octanol–water partition coefficient (Wildman–Crippen LogP) is 1.75. The van der Waals surface area contributed by atoms with Crippen molar-refractivity contribution >= 4 is 0 Å². The van der Waals surface area contributed by atoms with Crippen molar-refractivity contribution in [2.24, 2.45) is 0 Å². The molecule has 2 N–H and O–H groups in total. The van der Waals surface area contributed by atoms with Crippen molar-refractivity contribution in [3.05, 3.63) is 47.5 Å². The van der Waals surface area contributed by atoms with Crippen molar-refractivity contribution in [3.8, 4) is 5.75 Å². The third kappa shape index (κ3) is 4.36. The third-order valence-corrected chi connectivity index (χ3v) is 3.01. The summed E-state index contributed by atoms with van der Waals surface area (Å²) in [4.78, 5) is 7.72. The van der Waals surface area contributed by atoms with Crippen LogP contribution in [0.25, 0.3) is 0 Å². The number of aromatic nitrogens is 2. The summed E-state index contributed by atoms with van der Waals surface area (Å²) in [7, 11) is 3.37. The van der Waals surface area contributed by atoms with Crippen molar-refractivity contribution in [1.29, 1.82) is 0 Å². The smallest absolute Gasteiger partial charge is 0.118 e. The van der Waals surface area contributed by atoms with Crippen LogP contribution in [0.1, 0.15) is 17.1 Å². The molecule has 20 heavy (non-hydrogen) atoms. The number of nitrogens with zero attached hydrogens (tertiary/aromatic N) is 1. The zero-order valence-electron chi connectivity index (χ0n) is 12.0. The fourth-order valence-corrected chi connectivity index (χ4v) is 1.92. The van der Waals surface area contributed by atoms with Gasteiger partial charge < -0.3 is 19.8 Å². The van der Waals surface area contributed by atoms with E-state index >= 15 is 0 Å². The molecule has 0 aliphatic heterocycles. The molecule has 1 heterocycles. The van der Waals surface area contributed by atoms with Crippen LogP contribution in [0.3, 0.4) is 0 Å². The molecule has 0 aliphatic rings. The van der Waals surface area contributed by atoms with E-state index in [1.54, 1.807) is 14.2 Å². The maximum absolute atomic E-state index is 5.15. The van der Waals surface area contributed by atoms with Crippen LogP contribution in [0.5, 0.6) is 5.75 Å². The number of nitrogens with one attached hydrogen (secondary N) is 2. The van der Waals surface area contributed by atoms with Gasteiger partial charge in [0.2, 0.25) is 0 Å². The number of rotatable bonds is 8. The van der Waals surface area contributed by atoms with E-state index in [9.17, 15) is 0 Å². The Morgan fingerprint density at radius 3 is 2.70 bits per heavy atom. The molecule has 0 saturated carbocycles. The summed E-state index contributed by atoms with van der Waals surface area (Å²) in [5.41, 5.74) is 2.30. The van der Waals surface area contributed by atoms with Crippen molar-refractivity contribution in [2.75, 3.05) is 27.4 Å². The lowest BCUT2D eigenvalue weighted by molar-refractivity contribution is 0.199. The van der Waals surface area contributed by atoms with E-state index in [1.807, 2.05) is 18.3 Å². The first-order chi connectivity index (χ1) is 9.81. The highest BCUT2D eigenvalue weighted by Gasteiger charge is 2.02. The molecule has 0 bridgehead atoms. The summed E-state index contributed by atoms with van der Waals surface area (Å²) >= 11 is 0. The van der Waals surface area contributed by atoms with E-state index in [0.29, 0.717) is 6.61 Å². The fourth-order valence-electron chi connectivity index (χ4n) is 1.92. The molecule has 2 rings (SSSR count). The second-order valence-electron chi connectivity index (χ2n) is 4.55. The van der Waals surface area contributed by atoms with E-state index in [0.717, 1.165) is 36.8 Å². The zero-order chi connectivity index (χ0) is 14.2. The molecule has 108 valence electrons. The molecule has 0 amide bonds. The number of hydrogen-bond donors (Lipinski definition) is 2. The van der Waals surface area contributed by atoms with Gasteiger partial charge in [-0.15, -0.1) is 0 Å². The van der Waals surface area contributed by atoms with Gasteiger partial charge in [-0.25, -0.2) is 4.98 Å². The SMILES string of the molecule is COCCNCc1cnc(Cc2ccc(OC)cc2)[nH]1. The summed E-state index contributed by atoms with van der Waals surface area (Å²) in [5.74, 6) is 1.84. The number of ether oxygens (including phenoxy) is 2. The van der Waals surface area contributed by atoms with Gasteiger partial charge in [0.05, 0.1) is 13.7 Å². The van der Waals surface area contributed by atoms with E-state index in [-0.39, 0.29) is 0 Å². The number of benzene rings is 1. The average molecular weight is 275 g/mol. The van der Waals surface area contributed by atoms with Crippen molar-refractivity contribution in [1.82, 2.24) is 15.3 Å². The molecule has 1 aromatic carbocycles. The van der Waals surface area contributed by atoms with Crippen LogP contribution in [-0.4, -0.2) is 37.3 Å². The summed E-state index contributed by atoms with van der Waals surface area (Å²) < 4.78 is 10.1. The van der Waals surface area contributed by atoms with Gasteiger partial charge in [-0.1, -0.05) is 12.1 Å². The topological polar surface area (TPSA) is 59.2 Å². The minimum Gasteiger partial charge on any atom is -0.497 e. The van der Waals surface area contributed by atoms with Crippen LogP contribution >= 0.6 is 0 Å². The average Bonchev–Trinajstić information content (AvgIpc) is 2.92. The molecule has 5 nitrogen and oxygen atoms in total. The molecule has 2 aromatic rings. The lowest BCUT2D eigenvalue weighted by Crippen LogP contribution is -2.18. The Kier molecular flexibility index (Phi) is 5.58. The maximum atomic E-state index is 5.15. The van der Waals surface area contributed by atoms with E-state index < -0.39 is 0 Å². The number of hydrogen-bond acceptors (Lipinski definition) is 4. The van der Waals surface area contributed by atoms with Crippen molar-refractivity contribution < 1.29 is 9.47 Å². The molecular weight excluding hydrogens is 254 g/mol. The van der Waals surface area contributed by atoms with Crippen molar-refractivity contribution in [2.45, 2.75) is 13.0 Å². The molecule has 0 radical (unpaired) electrons. The second kappa shape index (κ2) is 7.67. The molecule has 0 aliphatic carbocycles. The molecule has 0 unspecified atom stereocenters. The lowest BCUT2D eigenvalue weighted by atomic mass is 10.1. The standard InChI is InChI=1S/C15H21N3O2/c1-19-8-7-16-10-13-11-17-15(18-13)9-12-3-5-14(20-2)6-4-12/h3-6,11,16H,7-10H2,1-2H3,(H,17,18). The minimum atomic E-state index is 0.715. The van der Waals surface area contributed by atoms with E-state index in [2.05, 4.69) is 27.4 Å². The molecular formula is C15H21N3O2. The van der Waals surface area contributed by atoms with Crippen LogP contribution in [-0.2, 0) is 17.7 Å². The lowest BCUT2D eigenvalue weighted by Gasteiger charge is -2.02. The van der Waals surface area contributed by atoms with Gasteiger partial charge in [-0.05, 0) is 17.7 Å². The minimum absolute atomic E-state index is 0.715. The van der Waals surface area contributed by atoms with Crippen LogP contribution < -0.4 is 10.1 Å². The number of aromatic amines is 1. The fraction of sp³-hybridized carbons (Fsp3) is 0.400. The Hall–Kier alpha value is -1.85. The van der Waals surface area contributed by atoms with Gasteiger partial charge in [0.1, 0.15) is 11.6 Å². The molecule has 0 saturated heterocycles. The molecule has 1 aromatic heterocycles. The summed E-state index contributed by atoms with van der Waals surface area (Å²) in [5, 5.41) is 3.28. The second-order valence-corrected chi connectivity index (χ2v) is 4.55. The molecule has 0 atom stereocenters. The highest BCUT2D eigenvalue weighted by Crippen LogP contribution is 2.13. The largest absolute Gasteiger partial charge is 0.497 e. The van der Waals surface area contributed by atoms with Gasteiger partial charge in [0.25, 0.3) is 0 Å². The normalized spacial score (nSPS) is 10.7. The van der Waals surface area contributed by atoms with Crippen LogP contribution in [0, 0.1) is 0 Å². The number of methoxy groups -OCH3 is 2. The quantitative estimate of drug-likeness (QED) is 0.721. The van der Waals surface area contributed by atoms with Gasteiger partial charge in [-0.2, -0.15) is 0 Å². The molecule has 0 spiro atoms. The highest BCUT2D eigenvalue weighted by molar-refractivity contribution is 5.28. The van der Waals surface area contributed by atoms with E-state index in [1.165, 1.54) is 5.56 Å². The van der Waals surface area contributed by atoms with Gasteiger partial charge in [0, 0.05) is 38.5 Å². The zero-order valence-corrected chi connectivity index (χ0v) is 12.0. The first-order valence-electron chi connectivity index (χ1n) is 6.67. The van der Waals surface area contributed by atoms with Crippen LogP contribution in [0.4, 0.5) is 0 Å². The van der Waals surface area contributed by atoms with Gasteiger partial charge >= 0.3 is 0 Å². The van der Waals surface area contributed by atoms with E-state index in [4.69, 9.17) is 9.47 Å². The predicted molar refractivity (Wildman–Crippen MR) is 78.0 cm³/mol. The van der Waals surface area contributed by atoms with Crippen LogP contribution in [0.2, 0.25) is 0 Å². The molecule has 5 heteroatoms. The Labute approximate surface area is 119 Å². The Morgan fingerprint density at radius 1 is 1.20 bits per heavy atom.